The molecule has 178 valence electrons. The summed E-state index contributed by atoms with van der Waals surface area (Å²) in [4.78, 5) is 20.9. The van der Waals surface area contributed by atoms with Crippen molar-refractivity contribution in [2.45, 2.75) is 0 Å². The minimum Gasteiger partial charge on any atom is -0.495 e. The van der Waals surface area contributed by atoms with Crippen LogP contribution in [0.3, 0.4) is 0 Å². The third-order valence-electron chi connectivity index (χ3n) is 5.30. The molecule has 0 unspecified atom stereocenters. The van der Waals surface area contributed by atoms with E-state index in [1.807, 2.05) is 18.2 Å². The van der Waals surface area contributed by atoms with E-state index in [9.17, 15) is 4.79 Å². The number of hydrogen-bond donors (Lipinski definition) is 1. The lowest BCUT2D eigenvalue weighted by Gasteiger charge is -2.16. The summed E-state index contributed by atoms with van der Waals surface area (Å²) in [5, 5.41) is 4.14. The number of amides is 1. The van der Waals surface area contributed by atoms with Gasteiger partial charge in [-0.2, -0.15) is 0 Å². The molecule has 0 spiro atoms. The van der Waals surface area contributed by atoms with Gasteiger partial charge in [-0.15, -0.1) is 0 Å². The number of nitrogens with one attached hydrogen (secondary N) is 1. The van der Waals surface area contributed by atoms with Gasteiger partial charge in [0.2, 0.25) is 5.91 Å². The minimum absolute atomic E-state index is 0.303. The Bertz CT molecular complexity index is 1430. The van der Waals surface area contributed by atoms with Gasteiger partial charge in [-0.05, 0) is 35.9 Å². The van der Waals surface area contributed by atoms with E-state index in [2.05, 4.69) is 16.9 Å². The van der Waals surface area contributed by atoms with E-state index in [1.54, 1.807) is 37.6 Å². The second-order valence-corrected chi connectivity index (χ2v) is 8.12. The second kappa shape index (κ2) is 10.2. The van der Waals surface area contributed by atoms with Crippen LogP contribution in [0.15, 0.2) is 61.3 Å². The Morgan fingerprint density at radius 2 is 1.63 bits per heavy atom. The molecule has 0 atom stereocenters. The summed E-state index contributed by atoms with van der Waals surface area (Å²) < 4.78 is 16.4. The lowest BCUT2D eigenvalue weighted by Crippen LogP contribution is -2.07. The van der Waals surface area contributed by atoms with Crippen LogP contribution in [0.4, 0.5) is 5.69 Å². The van der Waals surface area contributed by atoms with Crippen molar-refractivity contribution in [1.29, 1.82) is 0 Å². The van der Waals surface area contributed by atoms with Crippen LogP contribution in [0.5, 0.6) is 17.2 Å². The lowest BCUT2D eigenvalue weighted by atomic mass is 10.0. The first-order chi connectivity index (χ1) is 16.9. The Hall–Kier alpha value is -3.81. The predicted molar refractivity (Wildman–Crippen MR) is 139 cm³/mol. The first-order valence-electron chi connectivity index (χ1n) is 10.4. The molecule has 0 saturated carbocycles. The summed E-state index contributed by atoms with van der Waals surface area (Å²) >= 11 is 13.2. The Morgan fingerprint density at radius 3 is 2.26 bits per heavy atom. The van der Waals surface area contributed by atoms with Gasteiger partial charge in [-0.3, -0.25) is 4.79 Å². The van der Waals surface area contributed by atoms with Crippen molar-refractivity contribution < 1.29 is 19.0 Å². The molecule has 0 radical (unpaired) electrons. The largest absolute Gasteiger partial charge is 0.495 e. The van der Waals surface area contributed by atoms with Gasteiger partial charge in [0, 0.05) is 34.5 Å². The van der Waals surface area contributed by atoms with Crippen molar-refractivity contribution in [3.05, 3.63) is 71.4 Å². The Balaban J connectivity index is 1.85. The molecule has 3 aromatic carbocycles. The zero-order valence-corrected chi connectivity index (χ0v) is 20.7. The number of carbonyl (C=O) groups is 1. The fraction of sp³-hybridized carbons (Fsp3) is 0.115. The van der Waals surface area contributed by atoms with Crippen LogP contribution >= 0.6 is 23.2 Å². The predicted octanol–water partition coefficient (Wildman–Crippen LogP) is 6.42. The van der Waals surface area contributed by atoms with Gasteiger partial charge in [0.1, 0.15) is 22.8 Å². The van der Waals surface area contributed by atoms with Crippen molar-refractivity contribution in [3.8, 4) is 39.8 Å². The molecule has 35 heavy (non-hydrogen) atoms. The zero-order valence-electron chi connectivity index (χ0n) is 19.2. The van der Waals surface area contributed by atoms with Crippen LogP contribution in [-0.4, -0.2) is 37.2 Å². The number of rotatable bonds is 7. The van der Waals surface area contributed by atoms with Gasteiger partial charge in [0.05, 0.1) is 31.4 Å². The van der Waals surface area contributed by atoms with Crippen LogP contribution < -0.4 is 19.5 Å². The van der Waals surface area contributed by atoms with E-state index in [0.717, 1.165) is 5.56 Å². The quantitative estimate of drug-likeness (QED) is 0.289. The number of nitrogens with zero attached hydrogens (tertiary/aromatic N) is 2. The average Bonchev–Trinajstić information content (AvgIpc) is 2.88. The van der Waals surface area contributed by atoms with Gasteiger partial charge in [0.25, 0.3) is 0 Å². The molecule has 4 aromatic rings. The van der Waals surface area contributed by atoms with Crippen molar-refractivity contribution in [1.82, 2.24) is 9.97 Å². The average molecular weight is 510 g/mol. The summed E-state index contributed by atoms with van der Waals surface area (Å²) in [6.45, 7) is 3.47. The summed E-state index contributed by atoms with van der Waals surface area (Å²) in [5.74, 6) is 1.53. The normalized spacial score (nSPS) is 10.7. The molecule has 1 heterocycles. The number of fused-ring (bicyclic) bond motifs is 1. The maximum absolute atomic E-state index is 11.7. The lowest BCUT2D eigenvalue weighted by molar-refractivity contribution is -0.111. The Labute approximate surface area is 212 Å². The summed E-state index contributed by atoms with van der Waals surface area (Å²) in [6.07, 6.45) is 2.90. The number of benzene rings is 3. The molecule has 1 aromatic heterocycles. The third-order valence-corrected chi connectivity index (χ3v) is 6.05. The van der Waals surface area contributed by atoms with Gasteiger partial charge in [0.15, 0.2) is 5.82 Å². The van der Waals surface area contributed by atoms with Crippen molar-refractivity contribution in [2.24, 2.45) is 0 Å². The van der Waals surface area contributed by atoms with Gasteiger partial charge >= 0.3 is 0 Å². The molecule has 7 nitrogen and oxygen atoms in total. The molecule has 0 bridgehead atoms. The van der Waals surface area contributed by atoms with Crippen LogP contribution in [0.1, 0.15) is 0 Å². The van der Waals surface area contributed by atoms with E-state index in [4.69, 9.17) is 42.4 Å². The highest BCUT2D eigenvalue weighted by Gasteiger charge is 2.21. The van der Waals surface area contributed by atoms with Gasteiger partial charge < -0.3 is 19.5 Å². The van der Waals surface area contributed by atoms with Crippen LogP contribution in [0, 0.1) is 0 Å². The van der Waals surface area contributed by atoms with Crippen LogP contribution in [0.25, 0.3) is 33.4 Å². The topological polar surface area (TPSA) is 82.6 Å². The standard InChI is InChI=1S/C26H21Cl2N3O4/c1-5-21(32)30-17-8-6-7-14(10-17)26-29-13-16-9-15(11-20(35-4)25(16)31-26)22-23(27)18(33-2)12-19(34-3)24(22)28/h5-13H,1H2,2-4H3,(H,30,32). The summed E-state index contributed by atoms with van der Waals surface area (Å²) in [7, 11) is 4.60. The summed E-state index contributed by atoms with van der Waals surface area (Å²) in [5.41, 5.74) is 3.16. The molecular formula is C26H21Cl2N3O4. The number of halogens is 2. The monoisotopic (exact) mass is 509 g/mol. The first kappa shape index (κ1) is 24.3. The number of carbonyl (C=O) groups excluding carboxylic acids is 1. The second-order valence-electron chi connectivity index (χ2n) is 7.37. The van der Waals surface area contributed by atoms with Crippen molar-refractivity contribution in [2.75, 3.05) is 26.6 Å². The fourth-order valence-electron chi connectivity index (χ4n) is 3.62. The molecule has 0 fully saturated rings. The zero-order chi connectivity index (χ0) is 25.1. The van der Waals surface area contributed by atoms with Crippen molar-refractivity contribution in [3.63, 3.8) is 0 Å². The SMILES string of the molecule is C=CC(=O)Nc1cccc(-c2ncc3cc(-c4c(Cl)c(OC)cc(OC)c4Cl)cc(OC)c3n2)c1. The van der Waals surface area contributed by atoms with Gasteiger partial charge in [-0.25, -0.2) is 9.97 Å². The van der Waals surface area contributed by atoms with E-state index in [-0.39, 0.29) is 5.91 Å². The van der Waals surface area contributed by atoms with E-state index in [1.165, 1.54) is 20.3 Å². The van der Waals surface area contributed by atoms with E-state index < -0.39 is 0 Å². The number of hydrogen-bond acceptors (Lipinski definition) is 6. The molecule has 1 N–H and O–H groups in total. The minimum atomic E-state index is -0.303. The highest BCUT2D eigenvalue weighted by Crippen LogP contribution is 2.47. The number of anilines is 1. The maximum atomic E-state index is 11.7. The molecule has 0 aliphatic heterocycles. The number of ether oxygens (including phenoxy) is 3. The number of methoxy groups -OCH3 is 3. The maximum Gasteiger partial charge on any atom is 0.247 e. The first-order valence-corrected chi connectivity index (χ1v) is 11.1. The highest BCUT2D eigenvalue weighted by molar-refractivity contribution is 6.41. The third kappa shape index (κ3) is 4.73. The molecule has 9 heteroatoms. The Morgan fingerprint density at radius 1 is 0.943 bits per heavy atom. The Kier molecular flexibility index (Phi) is 7.10. The molecule has 0 saturated heterocycles. The number of aromatic nitrogens is 2. The van der Waals surface area contributed by atoms with Crippen LogP contribution in [-0.2, 0) is 4.79 Å². The molecular weight excluding hydrogens is 489 g/mol. The fourth-order valence-corrected chi connectivity index (χ4v) is 4.34. The van der Waals surface area contributed by atoms with Crippen LogP contribution in [0.2, 0.25) is 10.0 Å². The highest BCUT2D eigenvalue weighted by atomic mass is 35.5. The van der Waals surface area contributed by atoms with E-state index in [0.29, 0.717) is 60.8 Å². The molecule has 0 aliphatic rings. The van der Waals surface area contributed by atoms with Crippen molar-refractivity contribution >= 4 is 45.7 Å². The summed E-state index contributed by atoms with van der Waals surface area (Å²) in [6, 6.07) is 12.5. The van der Waals surface area contributed by atoms with Gasteiger partial charge in [-0.1, -0.05) is 41.9 Å². The van der Waals surface area contributed by atoms with E-state index >= 15 is 0 Å². The smallest absolute Gasteiger partial charge is 0.247 e. The molecule has 4 rings (SSSR count). The molecule has 0 aliphatic carbocycles. The molecule has 1 amide bonds.